The van der Waals surface area contributed by atoms with Gasteiger partial charge >= 0.3 is 0 Å². The van der Waals surface area contributed by atoms with E-state index in [-0.39, 0.29) is 11.9 Å². The highest BCUT2D eigenvalue weighted by Crippen LogP contribution is 2.24. The van der Waals surface area contributed by atoms with Crippen LogP contribution in [0.15, 0.2) is 12.1 Å². The van der Waals surface area contributed by atoms with Crippen LogP contribution in [0.25, 0.3) is 0 Å². The zero-order valence-electron chi connectivity index (χ0n) is 10.2. The fourth-order valence-corrected chi connectivity index (χ4v) is 1.99. The lowest BCUT2D eigenvalue weighted by atomic mass is 9.96. The van der Waals surface area contributed by atoms with Crippen LogP contribution >= 0.6 is 0 Å². The predicted molar refractivity (Wildman–Crippen MR) is 63.9 cm³/mol. The summed E-state index contributed by atoms with van der Waals surface area (Å²) in [6, 6.07) is 3.27. The maximum absolute atomic E-state index is 13.8. The second-order valence-corrected chi connectivity index (χ2v) is 4.22. The smallest absolute Gasteiger partial charge is 0.128 e. The molecule has 0 aromatic heterocycles. The van der Waals surface area contributed by atoms with Gasteiger partial charge in [-0.1, -0.05) is 6.07 Å². The third kappa shape index (κ3) is 3.29. The number of benzene rings is 1. The van der Waals surface area contributed by atoms with Crippen molar-refractivity contribution in [3.8, 4) is 0 Å². The number of ether oxygens (including phenoxy) is 1. The Labute approximate surface area is 96.6 Å². The van der Waals surface area contributed by atoms with Gasteiger partial charge in [0.2, 0.25) is 0 Å². The molecule has 16 heavy (non-hydrogen) atoms. The van der Waals surface area contributed by atoms with E-state index in [0.717, 1.165) is 24.0 Å². The zero-order valence-corrected chi connectivity index (χ0v) is 10.2. The van der Waals surface area contributed by atoms with Crippen LogP contribution in [0, 0.1) is 19.7 Å². The van der Waals surface area contributed by atoms with Crippen LogP contribution in [0.3, 0.4) is 0 Å². The van der Waals surface area contributed by atoms with E-state index in [0.29, 0.717) is 12.2 Å². The van der Waals surface area contributed by atoms with E-state index in [1.165, 1.54) is 0 Å². The molecule has 3 heteroatoms. The predicted octanol–water partition coefficient (Wildman–Crippen LogP) is 2.87. The average molecular weight is 225 g/mol. The first-order valence-electron chi connectivity index (χ1n) is 5.57. The van der Waals surface area contributed by atoms with Gasteiger partial charge in [-0.2, -0.15) is 0 Å². The average Bonchev–Trinajstić information content (AvgIpc) is 2.16. The lowest BCUT2D eigenvalue weighted by Crippen LogP contribution is -2.14. The molecule has 0 radical (unpaired) electrons. The second kappa shape index (κ2) is 5.97. The van der Waals surface area contributed by atoms with Crippen molar-refractivity contribution in [3.63, 3.8) is 0 Å². The van der Waals surface area contributed by atoms with E-state index in [1.54, 1.807) is 13.2 Å². The van der Waals surface area contributed by atoms with E-state index in [2.05, 4.69) is 0 Å². The van der Waals surface area contributed by atoms with Gasteiger partial charge in [0.15, 0.2) is 0 Å². The van der Waals surface area contributed by atoms with Crippen LogP contribution < -0.4 is 5.73 Å². The van der Waals surface area contributed by atoms with Gasteiger partial charge in [-0.05, 0) is 43.9 Å². The number of hydrogen-bond acceptors (Lipinski definition) is 2. The van der Waals surface area contributed by atoms with Crippen LogP contribution in [0.4, 0.5) is 4.39 Å². The summed E-state index contributed by atoms with van der Waals surface area (Å²) >= 11 is 0. The topological polar surface area (TPSA) is 35.2 Å². The molecule has 0 saturated carbocycles. The molecule has 1 aromatic carbocycles. The summed E-state index contributed by atoms with van der Waals surface area (Å²) in [5, 5.41) is 0. The van der Waals surface area contributed by atoms with E-state index in [9.17, 15) is 4.39 Å². The molecule has 0 aliphatic carbocycles. The molecule has 0 fully saturated rings. The lowest BCUT2D eigenvalue weighted by Gasteiger charge is -2.16. The van der Waals surface area contributed by atoms with Gasteiger partial charge in [-0.15, -0.1) is 0 Å². The Morgan fingerprint density at radius 2 is 2.06 bits per heavy atom. The third-order valence-corrected chi connectivity index (χ3v) is 2.72. The Hall–Kier alpha value is -0.930. The van der Waals surface area contributed by atoms with Crippen molar-refractivity contribution in [2.75, 3.05) is 13.7 Å². The van der Waals surface area contributed by atoms with E-state index >= 15 is 0 Å². The molecular formula is C13H20FNO. The standard InChI is InChI=1S/C13H20FNO/c1-9-7-10(2)13(11(14)8-9)12(15)5-4-6-16-3/h7-8,12H,4-6,15H2,1-3H3. The molecule has 1 unspecified atom stereocenters. The van der Waals surface area contributed by atoms with Crippen molar-refractivity contribution in [1.29, 1.82) is 0 Å². The first kappa shape index (κ1) is 13.1. The zero-order chi connectivity index (χ0) is 12.1. The Morgan fingerprint density at radius 1 is 1.38 bits per heavy atom. The number of methoxy groups -OCH3 is 1. The van der Waals surface area contributed by atoms with E-state index in [4.69, 9.17) is 10.5 Å². The van der Waals surface area contributed by atoms with Gasteiger partial charge in [0.1, 0.15) is 5.82 Å². The summed E-state index contributed by atoms with van der Waals surface area (Å²) in [4.78, 5) is 0. The fraction of sp³-hybridized carbons (Fsp3) is 0.538. The third-order valence-electron chi connectivity index (χ3n) is 2.72. The quantitative estimate of drug-likeness (QED) is 0.782. The summed E-state index contributed by atoms with van der Waals surface area (Å²) < 4.78 is 18.7. The summed E-state index contributed by atoms with van der Waals surface area (Å²) in [5.41, 5.74) is 8.50. The molecule has 0 aliphatic rings. The first-order valence-corrected chi connectivity index (χ1v) is 5.57. The molecule has 1 rings (SSSR count). The van der Waals surface area contributed by atoms with Gasteiger partial charge < -0.3 is 10.5 Å². The molecule has 2 N–H and O–H groups in total. The summed E-state index contributed by atoms with van der Waals surface area (Å²) in [6.07, 6.45) is 1.60. The summed E-state index contributed by atoms with van der Waals surface area (Å²) in [7, 11) is 1.66. The minimum Gasteiger partial charge on any atom is -0.385 e. The molecule has 90 valence electrons. The molecule has 0 bridgehead atoms. The molecule has 1 aromatic rings. The number of rotatable bonds is 5. The van der Waals surface area contributed by atoms with E-state index in [1.807, 2.05) is 19.9 Å². The van der Waals surface area contributed by atoms with Crippen LogP contribution in [-0.2, 0) is 4.74 Å². The van der Waals surface area contributed by atoms with Crippen molar-refractivity contribution >= 4 is 0 Å². The monoisotopic (exact) mass is 225 g/mol. The van der Waals surface area contributed by atoms with Gasteiger partial charge in [-0.3, -0.25) is 0 Å². The minimum absolute atomic E-state index is 0.192. The van der Waals surface area contributed by atoms with Crippen LogP contribution in [-0.4, -0.2) is 13.7 Å². The number of nitrogens with two attached hydrogens (primary N) is 1. The highest BCUT2D eigenvalue weighted by Gasteiger charge is 2.14. The van der Waals surface area contributed by atoms with Gasteiger partial charge in [0.25, 0.3) is 0 Å². The molecule has 1 atom stereocenters. The maximum atomic E-state index is 13.8. The largest absolute Gasteiger partial charge is 0.385 e. The Bertz CT molecular complexity index is 329. The minimum atomic E-state index is -0.240. The van der Waals surface area contributed by atoms with Gasteiger partial charge in [-0.25, -0.2) is 4.39 Å². The van der Waals surface area contributed by atoms with E-state index < -0.39 is 0 Å². The molecule has 2 nitrogen and oxygen atoms in total. The molecule has 0 aliphatic heterocycles. The van der Waals surface area contributed by atoms with Gasteiger partial charge in [0.05, 0.1) is 0 Å². The number of aryl methyl sites for hydroxylation is 2. The first-order chi connectivity index (χ1) is 7.56. The molecule has 0 spiro atoms. The Balaban J connectivity index is 2.78. The van der Waals surface area contributed by atoms with Gasteiger partial charge in [0, 0.05) is 25.3 Å². The molecule has 0 saturated heterocycles. The molecule has 0 amide bonds. The lowest BCUT2D eigenvalue weighted by molar-refractivity contribution is 0.190. The normalized spacial score (nSPS) is 12.8. The van der Waals surface area contributed by atoms with Crippen molar-refractivity contribution in [1.82, 2.24) is 0 Å². The SMILES string of the molecule is COCCCC(N)c1c(C)cc(C)cc1F. The highest BCUT2D eigenvalue weighted by atomic mass is 19.1. The highest BCUT2D eigenvalue weighted by molar-refractivity contribution is 5.34. The maximum Gasteiger partial charge on any atom is 0.128 e. The molecule has 0 heterocycles. The number of halogens is 1. The van der Waals surface area contributed by atoms with Crippen molar-refractivity contribution in [2.45, 2.75) is 32.7 Å². The fourth-order valence-electron chi connectivity index (χ4n) is 1.99. The summed E-state index contributed by atoms with van der Waals surface area (Å²) in [5.74, 6) is -0.192. The van der Waals surface area contributed by atoms with Crippen LogP contribution in [0.1, 0.15) is 35.6 Å². The Kier molecular flexibility index (Phi) is 4.90. The number of hydrogen-bond donors (Lipinski definition) is 1. The summed E-state index contributed by atoms with van der Waals surface area (Å²) in [6.45, 7) is 4.46. The Morgan fingerprint density at radius 3 is 2.62 bits per heavy atom. The second-order valence-electron chi connectivity index (χ2n) is 4.22. The van der Waals surface area contributed by atoms with Crippen molar-refractivity contribution in [2.24, 2.45) is 5.73 Å². The van der Waals surface area contributed by atoms with Crippen molar-refractivity contribution in [3.05, 3.63) is 34.6 Å². The van der Waals surface area contributed by atoms with Crippen LogP contribution in [0.5, 0.6) is 0 Å². The molecular weight excluding hydrogens is 205 g/mol. The van der Waals surface area contributed by atoms with Crippen molar-refractivity contribution < 1.29 is 9.13 Å². The van der Waals surface area contributed by atoms with Crippen LogP contribution in [0.2, 0.25) is 0 Å².